The lowest BCUT2D eigenvalue weighted by molar-refractivity contribution is -0.141. The zero-order valence-corrected chi connectivity index (χ0v) is 13.1. The SMILES string of the molecule is COC(=O)CCC(C)(CCC(=O)OC)NC(=O)CCN=[N+]=[N-]. The second-order valence-corrected chi connectivity index (χ2v) is 4.97. The molecule has 0 aromatic carbocycles. The summed E-state index contributed by atoms with van der Waals surface area (Å²) in [5, 5.41) is 6.06. The van der Waals surface area contributed by atoms with Crippen LogP contribution in [0.1, 0.15) is 39.0 Å². The molecule has 0 rings (SSSR count). The molecule has 0 aliphatic carbocycles. The minimum absolute atomic E-state index is 0.0378. The summed E-state index contributed by atoms with van der Waals surface area (Å²) >= 11 is 0. The Morgan fingerprint density at radius 1 is 1.09 bits per heavy atom. The molecule has 0 aliphatic heterocycles. The molecule has 0 aliphatic rings. The van der Waals surface area contributed by atoms with Gasteiger partial charge in [0.25, 0.3) is 0 Å². The van der Waals surface area contributed by atoms with Gasteiger partial charge in [-0.2, -0.15) is 0 Å². The van der Waals surface area contributed by atoms with E-state index in [1.165, 1.54) is 14.2 Å². The second kappa shape index (κ2) is 10.4. The number of carbonyl (C=O) groups is 3. The fraction of sp³-hybridized carbons (Fsp3) is 0.769. The number of hydrogen-bond acceptors (Lipinski definition) is 6. The highest BCUT2D eigenvalue weighted by Crippen LogP contribution is 2.20. The van der Waals surface area contributed by atoms with Crippen LogP contribution in [0.25, 0.3) is 10.4 Å². The van der Waals surface area contributed by atoms with Crippen LogP contribution in [-0.4, -0.2) is 44.1 Å². The number of azide groups is 1. The molecular weight excluding hydrogens is 292 g/mol. The lowest BCUT2D eigenvalue weighted by atomic mass is 9.90. The van der Waals surface area contributed by atoms with Crippen molar-refractivity contribution in [2.75, 3.05) is 20.8 Å². The Morgan fingerprint density at radius 2 is 1.59 bits per heavy atom. The van der Waals surface area contributed by atoms with Crippen LogP contribution in [0.5, 0.6) is 0 Å². The van der Waals surface area contributed by atoms with E-state index < -0.39 is 17.5 Å². The van der Waals surface area contributed by atoms with Gasteiger partial charge in [0.2, 0.25) is 5.91 Å². The van der Waals surface area contributed by atoms with Crippen LogP contribution < -0.4 is 5.32 Å². The van der Waals surface area contributed by atoms with Crippen molar-refractivity contribution in [1.29, 1.82) is 0 Å². The van der Waals surface area contributed by atoms with Crippen LogP contribution in [0.15, 0.2) is 5.11 Å². The maximum Gasteiger partial charge on any atom is 0.305 e. The summed E-state index contributed by atoms with van der Waals surface area (Å²) in [6, 6.07) is 0. The van der Waals surface area contributed by atoms with E-state index in [4.69, 9.17) is 5.53 Å². The molecule has 0 radical (unpaired) electrons. The van der Waals surface area contributed by atoms with Crippen LogP contribution >= 0.6 is 0 Å². The predicted molar refractivity (Wildman–Crippen MR) is 77.7 cm³/mol. The van der Waals surface area contributed by atoms with Gasteiger partial charge >= 0.3 is 11.9 Å². The fourth-order valence-corrected chi connectivity index (χ4v) is 1.81. The number of nitrogens with zero attached hydrogens (tertiary/aromatic N) is 3. The van der Waals surface area contributed by atoms with Gasteiger partial charge in [-0.3, -0.25) is 14.4 Å². The Balaban J connectivity index is 4.66. The van der Waals surface area contributed by atoms with Gasteiger partial charge in [-0.15, -0.1) is 0 Å². The van der Waals surface area contributed by atoms with E-state index in [2.05, 4.69) is 24.8 Å². The first-order valence-corrected chi connectivity index (χ1v) is 6.82. The average Bonchev–Trinajstić information content (AvgIpc) is 2.50. The molecule has 124 valence electrons. The average molecular weight is 314 g/mol. The molecule has 0 bridgehead atoms. The zero-order valence-electron chi connectivity index (χ0n) is 13.1. The first-order chi connectivity index (χ1) is 10.4. The molecule has 0 heterocycles. The summed E-state index contributed by atoms with van der Waals surface area (Å²) in [4.78, 5) is 36.9. The summed E-state index contributed by atoms with van der Waals surface area (Å²) in [7, 11) is 2.57. The third kappa shape index (κ3) is 8.80. The quantitative estimate of drug-likeness (QED) is 0.282. The highest BCUT2D eigenvalue weighted by Gasteiger charge is 2.28. The van der Waals surface area contributed by atoms with Gasteiger partial charge in [0.05, 0.1) is 14.2 Å². The molecule has 9 heteroatoms. The zero-order chi connectivity index (χ0) is 17.0. The number of amides is 1. The first kappa shape index (κ1) is 19.7. The number of rotatable bonds is 10. The number of esters is 2. The minimum Gasteiger partial charge on any atom is -0.469 e. The van der Waals surface area contributed by atoms with Gasteiger partial charge in [-0.1, -0.05) is 5.11 Å². The van der Waals surface area contributed by atoms with Crippen molar-refractivity contribution in [3.8, 4) is 0 Å². The second-order valence-electron chi connectivity index (χ2n) is 4.97. The molecule has 0 aromatic rings. The standard InChI is InChI=1S/C13H22N4O5/c1-13(7-4-11(19)21-2,8-5-12(20)22-3)16-10(18)6-9-15-17-14/h4-9H2,1-3H3,(H,16,18). The first-order valence-electron chi connectivity index (χ1n) is 6.82. The smallest absolute Gasteiger partial charge is 0.305 e. The maximum atomic E-state index is 11.8. The number of methoxy groups -OCH3 is 2. The summed E-state index contributed by atoms with van der Waals surface area (Å²) in [6.07, 6.45) is 0.916. The van der Waals surface area contributed by atoms with E-state index in [0.717, 1.165) is 0 Å². The van der Waals surface area contributed by atoms with Crippen LogP contribution in [0, 0.1) is 0 Å². The van der Waals surface area contributed by atoms with Crippen LogP contribution in [0.2, 0.25) is 0 Å². The van der Waals surface area contributed by atoms with Gasteiger partial charge in [-0.25, -0.2) is 0 Å². The highest BCUT2D eigenvalue weighted by molar-refractivity contribution is 5.77. The van der Waals surface area contributed by atoms with Crippen molar-refractivity contribution < 1.29 is 23.9 Å². The fourth-order valence-electron chi connectivity index (χ4n) is 1.81. The molecule has 9 nitrogen and oxygen atoms in total. The minimum atomic E-state index is -0.754. The topological polar surface area (TPSA) is 130 Å². The molecule has 0 saturated carbocycles. The molecule has 0 aromatic heterocycles. The van der Waals surface area contributed by atoms with Gasteiger partial charge in [-0.05, 0) is 25.3 Å². The number of carbonyl (C=O) groups excluding carboxylic acids is 3. The maximum absolute atomic E-state index is 11.8. The predicted octanol–water partition coefficient (Wildman–Crippen LogP) is 1.47. The van der Waals surface area contributed by atoms with Gasteiger partial charge in [0.1, 0.15) is 0 Å². The number of nitrogens with one attached hydrogen (secondary N) is 1. The lowest BCUT2D eigenvalue weighted by Crippen LogP contribution is -2.46. The molecule has 0 saturated heterocycles. The van der Waals surface area contributed by atoms with Crippen molar-refractivity contribution in [3.63, 3.8) is 0 Å². The molecule has 0 fully saturated rings. The Hall–Kier alpha value is -2.28. The lowest BCUT2D eigenvalue weighted by Gasteiger charge is -2.30. The van der Waals surface area contributed by atoms with E-state index in [0.29, 0.717) is 12.8 Å². The third-order valence-corrected chi connectivity index (χ3v) is 3.16. The summed E-state index contributed by atoms with van der Waals surface area (Å²) in [5.41, 5.74) is 7.43. The Bertz CT molecular complexity index is 426. The van der Waals surface area contributed by atoms with Gasteiger partial charge in [0.15, 0.2) is 0 Å². The molecule has 0 spiro atoms. The Labute approximate surface area is 129 Å². The molecule has 22 heavy (non-hydrogen) atoms. The van der Waals surface area contributed by atoms with Crippen molar-refractivity contribution in [1.82, 2.24) is 5.32 Å². The van der Waals surface area contributed by atoms with Crippen LogP contribution in [0.3, 0.4) is 0 Å². The molecular formula is C13H22N4O5. The third-order valence-electron chi connectivity index (χ3n) is 3.16. The molecule has 1 N–H and O–H groups in total. The molecule has 0 unspecified atom stereocenters. The van der Waals surface area contributed by atoms with Crippen LogP contribution in [0.4, 0.5) is 0 Å². The van der Waals surface area contributed by atoms with E-state index in [1.807, 2.05) is 0 Å². The molecule has 0 atom stereocenters. The normalized spacial score (nSPS) is 10.3. The van der Waals surface area contributed by atoms with Crippen molar-refractivity contribution >= 4 is 17.8 Å². The Kier molecular flexibility index (Phi) is 9.36. The van der Waals surface area contributed by atoms with E-state index in [-0.39, 0.29) is 31.7 Å². The van der Waals surface area contributed by atoms with E-state index in [9.17, 15) is 14.4 Å². The molecule has 1 amide bonds. The van der Waals surface area contributed by atoms with Crippen molar-refractivity contribution in [2.24, 2.45) is 5.11 Å². The largest absolute Gasteiger partial charge is 0.469 e. The van der Waals surface area contributed by atoms with E-state index in [1.54, 1.807) is 6.92 Å². The highest BCUT2D eigenvalue weighted by atomic mass is 16.5. The number of hydrogen-bond donors (Lipinski definition) is 1. The summed E-state index contributed by atoms with van der Waals surface area (Å²) < 4.78 is 9.16. The Morgan fingerprint density at radius 3 is 2.00 bits per heavy atom. The summed E-state index contributed by atoms with van der Waals surface area (Å²) in [5.74, 6) is -1.11. The van der Waals surface area contributed by atoms with Crippen LogP contribution in [-0.2, 0) is 23.9 Å². The van der Waals surface area contributed by atoms with Gasteiger partial charge in [0, 0.05) is 36.3 Å². The number of ether oxygens (including phenoxy) is 2. The van der Waals surface area contributed by atoms with Gasteiger partial charge < -0.3 is 14.8 Å². The van der Waals surface area contributed by atoms with E-state index >= 15 is 0 Å². The van der Waals surface area contributed by atoms with Crippen molar-refractivity contribution in [3.05, 3.63) is 10.4 Å². The summed E-state index contributed by atoms with van der Waals surface area (Å²) in [6.45, 7) is 1.79. The monoisotopic (exact) mass is 314 g/mol. The van der Waals surface area contributed by atoms with Crippen molar-refractivity contribution in [2.45, 2.75) is 44.6 Å².